The number of carbonyl (C=O) groups is 3. The lowest BCUT2D eigenvalue weighted by Crippen LogP contribution is -2.28. The lowest BCUT2D eigenvalue weighted by Gasteiger charge is -2.16. The molecule has 0 spiro atoms. The van der Waals surface area contributed by atoms with Crippen molar-refractivity contribution in [3.05, 3.63) is 88.5 Å². The van der Waals surface area contributed by atoms with Crippen LogP contribution in [0.1, 0.15) is 12.0 Å². The van der Waals surface area contributed by atoms with Crippen molar-refractivity contribution in [3.8, 4) is 11.5 Å². The summed E-state index contributed by atoms with van der Waals surface area (Å²) >= 11 is 0. The lowest BCUT2D eigenvalue weighted by molar-refractivity contribution is -0.385. The fraction of sp³-hybridized carbons (Fsp3) is 0.192. The maximum atomic E-state index is 12.5. The summed E-state index contributed by atoms with van der Waals surface area (Å²) in [5.41, 5.74) is 1.20. The Labute approximate surface area is 206 Å². The lowest BCUT2D eigenvalue weighted by atomic mass is 10.1. The predicted octanol–water partition coefficient (Wildman–Crippen LogP) is 4.23. The van der Waals surface area contributed by atoms with Gasteiger partial charge in [-0.15, -0.1) is 0 Å². The van der Waals surface area contributed by atoms with E-state index in [4.69, 9.17) is 9.47 Å². The molecule has 10 nitrogen and oxygen atoms in total. The van der Waals surface area contributed by atoms with Crippen LogP contribution in [-0.4, -0.2) is 35.9 Å². The van der Waals surface area contributed by atoms with Gasteiger partial charge in [0.25, 0.3) is 11.6 Å². The van der Waals surface area contributed by atoms with Crippen LogP contribution in [0, 0.1) is 23.0 Å². The van der Waals surface area contributed by atoms with Crippen LogP contribution in [0.2, 0.25) is 0 Å². The van der Waals surface area contributed by atoms with E-state index >= 15 is 0 Å². The molecule has 1 heterocycles. The molecule has 184 valence electrons. The number of nitrogens with one attached hydrogen (secondary N) is 1. The normalized spacial score (nSPS) is 14.9. The Hall–Kier alpha value is -4.73. The molecule has 0 radical (unpaired) electrons. The second-order valence-electron chi connectivity index (χ2n) is 8.23. The molecule has 36 heavy (non-hydrogen) atoms. The summed E-state index contributed by atoms with van der Waals surface area (Å²) in [6.45, 7) is 1.11. The largest absolute Gasteiger partial charge is 0.457 e. The highest BCUT2D eigenvalue weighted by Gasteiger charge is 2.37. The van der Waals surface area contributed by atoms with Gasteiger partial charge in [0.2, 0.25) is 5.91 Å². The summed E-state index contributed by atoms with van der Waals surface area (Å²) < 4.78 is 10.8. The summed E-state index contributed by atoms with van der Waals surface area (Å²) in [6.07, 6.45) is -0.106. The zero-order valence-corrected chi connectivity index (χ0v) is 19.4. The molecule has 4 rings (SSSR count). The number of hydrogen-bond donors (Lipinski definition) is 1. The standard InChI is InChI=1S/C26H23N3O7/c1-17-7-10-20(14-23(17)29(33)34)28-15-18(13-25(28)31)26(32)35-16-24(30)27-19-8-11-22(12-9-19)36-21-5-3-2-4-6-21/h2-12,14,18H,13,15-16H2,1H3,(H,27,30)/t18-/m1/s1. The van der Waals surface area contributed by atoms with E-state index in [0.29, 0.717) is 28.4 Å². The van der Waals surface area contributed by atoms with E-state index in [1.54, 1.807) is 43.3 Å². The molecule has 0 aliphatic carbocycles. The van der Waals surface area contributed by atoms with E-state index in [1.807, 2.05) is 30.3 Å². The maximum absolute atomic E-state index is 12.5. The zero-order valence-electron chi connectivity index (χ0n) is 19.4. The average Bonchev–Trinajstić information content (AvgIpc) is 3.26. The number of rotatable bonds is 8. The van der Waals surface area contributed by atoms with Gasteiger partial charge >= 0.3 is 5.97 Å². The van der Waals surface area contributed by atoms with Crippen LogP contribution in [0.25, 0.3) is 0 Å². The third-order valence-electron chi connectivity index (χ3n) is 5.62. The van der Waals surface area contributed by atoms with Crippen molar-refractivity contribution < 1.29 is 28.8 Å². The number of nitro groups is 1. The van der Waals surface area contributed by atoms with Gasteiger partial charge in [-0.2, -0.15) is 0 Å². The van der Waals surface area contributed by atoms with Crippen LogP contribution in [0.15, 0.2) is 72.8 Å². The summed E-state index contributed by atoms with van der Waals surface area (Å²) in [7, 11) is 0. The number of nitrogens with zero attached hydrogens (tertiary/aromatic N) is 2. The highest BCUT2D eigenvalue weighted by atomic mass is 16.6. The molecule has 1 saturated heterocycles. The van der Waals surface area contributed by atoms with Crippen LogP contribution in [-0.2, 0) is 19.1 Å². The van der Waals surface area contributed by atoms with Crippen molar-refractivity contribution in [2.24, 2.45) is 5.92 Å². The minimum Gasteiger partial charge on any atom is -0.457 e. The van der Waals surface area contributed by atoms with Gasteiger partial charge in [-0.3, -0.25) is 24.5 Å². The van der Waals surface area contributed by atoms with Gasteiger partial charge < -0.3 is 19.7 Å². The molecule has 0 unspecified atom stereocenters. The fourth-order valence-corrected chi connectivity index (χ4v) is 3.76. The van der Waals surface area contributed by atoms with E-state index < -0.39 is 29.3 Å². The molecular formula is C26H23N3O7. The Morgan fingerprint density at radius 2 is 1.75 bits per heavy atom. The predicted molar refractivity (Wildman–Crippen MR) is 131 cm³/mol. The molecular weight excluding hydrogens is 466 g/mol. The third-order valence-corrected chi connectivity index (χ3v) is 5.62. The van der Waals surface area contributed by atoms with Crippen molar-refractivity contribution in [2.75, 3.05) is 23.4 Å². The molecule has 1 aliphatic rings. The van der Waals surface area contributed by atoms with Crippen molar-refractivity contribution in [3.63, 3.8) is 0 Å². The number of ether oxygens (including phenoxy) is 2. The fourth-order valence-electron chi connectivity index (χ4n) is 3.76. The second kappa shape index (κ2) is 10.7. The second-order valence-corrected chi connectivity index (χ2v) is 8.23. The maximum Gasteiger partial charge on any atom is 0.311 e. The van der Waals surface area contributed by atoms with Crippen molar-refractivity contribution in [2.45, 2.75) is 13.3 Å². The molecule has 1 atom stereocenters. The van der Waals surface area contributed by atoms with E-state index in [2.05, 4.69) is 5.32 Å². The van der Waals surface area contributed by atoms with Crippen LogP contribution < -0.4 is 15.0 Å². The monoisotopic (exact) mass is 489 g/mol. The van der Waals surface area contributed by atoms with Crippen LogP contribution in [0.5, 0.6) is 11.5 Å². The number of anilines is 2. The highest BCUT2D eigenvalue weighted by Crippen LogP contribution is 2.30. The Kier molecular flexibility index (Phi) is 7.24. The zero-order chi connectivity index (χ0) is 25.7. The molecule has 0 aromatic heterocycles. The van der Waals surface area contributed by atoms with E-state index in [0.717, 1.165) is 0 Å². The number of benzene rings is 3. The first kappa shape index (κ1) is 24.4. The van der Waals surface area contributed by atoms with Gasteiger partial charge in [0.1, 0.15) is 11.5 Å². The Morgan fingerprint density at radius 1 is 1.06 bits per heavy atom. The topological polar surface area (TPSA) is 128 Å². The highest BCUT2D eigenvalue weighted by molar-refractivity contribution is 6.00. The van der Waals surface area contributed by atoms with Gasteiger partial charge in [-0.25, -0.2) is 0 Å². The summed E-state index contributed by atoms with van der Waals surface area (Å²) in [4.78, 5) is 49.1. The first-order valence-electron chi connectivity index (χ1n) is 11.1. The van der Waals surface area contributed by atoms with Gasteiger partial charge in [-0.1, -0.05) is 24.3 Å². The smallest absolute Gasteiger partial charge is 0.311 e. The first-order valence-corrected chi connectivity index (χ1v) is 11.1. The van der Waals surface area contributed by atoms with E-state index in [-0.39, 0.29) is 24.6 Å². The van der Waals surface area contributed by atoms with Crippen LogP contribution in [0.4, 0.5) is 17.1 Å². The van der Waals surface area contributed by atoms with Crippen LogP contribution >= 0.6 is 0 Å². The molecule has 10 heteroatoms. The number of esters is 1. The van der Waals surface area contributed by atoms with E-state index in [9.17, 15) is 24.5 Å². The minimum atomic E-state index is -0.778. The number of aryl methyl sites for hydroxylation is 1. The number of amides is 2. The molecule has 2 amide bonds. The summed E-state index contributed by atoms with van der Waals surface area (Å²) in [5, 5.41) is 13.8. The van der Waals surface area contributed by atoms with Crippen molar-refractivity contribution in [1.82, 2.24) is 0 Å². The number of nitro benzene ring substituents is 1. The van der Waals surface area contributed by atoms with E-state index in [1.165, 1.54) is 11.0 Å². The molecule has 0 saturated carbocycles. The number of para-hydroxylation sites is 1. The van der Waals surface area contributed by atoms with Gasteiger partial charge in [0.05, 0.1) is 16.5 Å². The third kappa shape index (κ3) is 5.84. The van der Waals surface area contributed by atoms with Crippen molar-refractivity contribution in [1.29, 1.82) is 0 Å². The van der Waals surface area contributed by atoms with Crippen LogP contribution in [0.3, 0.4) is 0 Å². The summed E-state index contributed by atoms with van der Waals surface area (Å²) in [5.74, 6) is -1.06. The molecule has 1 N–H and O–H groups in total. The molecule has 0 bridgehead atoms. The SMILES string of the molecule is Cc1ccc(N2C[C@H](C(=O)OCC(=O)Nc3ccc(Oc4ccccc4)cc3)CC2=O)cc1[N+](=O)[O-]. The minimum absolute atomic E-state index is 0.0162. The Balaban J connectivity index is 1.27. The molecule has 1 fully saturated rings. The molecule has 3 aromatic carbocycles. The van der Waals surface area contributed by atoms with Gasteiger partial charge in [-0.05, 0) is 49.4 Å². The summed E-state index contributed by atoms with van der Waals surface area (Å²) in [6, 6.07) is 20.4. The van der Waals surface area contributed by atoms with Gasteiger partial charge in [0.15, 0.2) is 6.61 Å². The number of hydrogen-bond acceptors (Lipinski definition) is 7. The molecule has 3 aromatic rings. The Morgan fingerprint density at radius 3 is 2.44 bits per heavy atom. The average molecular weight is 489 g/mol. The molecule has 1 aliphatic heterocycles. The number of carbonyl (C=O) groups excluding carboxylic acids is 3. The van der Waals surface area contributed by atoms with Crippen molar-refractivity contribution >= 4 is 34.8 Å². The quantitative estimate of drug-likeness (QED) is 0.285. The van der Waals surface area contributed by atoms with Gasteiger partial charge in [0, 0.05) is 30.3 Å². The Bertz CT molecular complexity index is 1290. The first-order chi connectivity index (χ1) is 17.3.